The normalized spacial score (nSPS) is 16.5. The second-order valence-corrected chi connectivity index (χ2v) is 4.31. The van der Waals surface area contributed by atoms with Crippen LogP contribution in [0, 0.1) is 5.92 Å². The molecule has 1 aliphatic carbocycles. The van der Waals surface area contributed by atoms with Crippen LogP contribution >= 0.6 is 12.4 Å². The van der Waals surface area contributed by atoms with Gasteiger partial charge >= 0.3 is 6.36 Å². The Kier molecular flexibility index (Phi) is 4.92. The molecule has 19 heavy (non-hydrogen) atoms. The van der Waals surface area contributed by atoms with Gasteiger partial charge in [0.25, 0.3) is 0 Å². The molecule has 0 aliphatic heterocycles. The van der Waals surface area contributed by atoms with Gasteiger partial charge in [-0.15, -0.1) is 25.6 Å². The molecule has 1 aromatic rings. The van der Waals surface area contributed by atoms with E-state index in [-0.39, 0.29) is 24.2 Å². The molecule has 1 aromatic carbocycles. The lowest BCUT2D eigenvalue weighted by Crippen LogP contribution is -2.18. The molecule has 2 N–H and O–H groups in total. The van der Waals surface area contributed by atoms with E-state index in [9.17, 15) is 13.2 Å². The Morgan fingerprint density at radius 1 is 1.32 bits per heavy atom. The smallest absolute Gasteiger partial charge is 0.496 e. The molecular weight excluding hydrogens is 283 g/mol. The summed E-state index contributed by atoms with van der Waals surface area (Å²) in [7, 11) is 1.46. The highest BCUT2D eigenvalue weighted by atomic mass is 35.5. The first-order valence-corrected chi connectivity index (χ1v) is 5.60. The van der Waals surface area contributed by atoms with Crippen molar-refractivity contribution < 1.29 is 22.6 Å². The van der Waals surface area contributed by atoms with Crippen LogP contribution in [0.4, 0.5) is 13.2 Å². The summed E-state index contributed by atoms with van der Waals surface area (Å²) in [6.45, 7) is 0. The van der Waals surface area contributed by atoms with E-state index in [1.807, 2.05) is 0 Å². The van der Waals surface area contributed by atoms with E-state index in [1.54, 1.807) is 0 Å². The van der Waals surface area contributed by atoms with Crippen LogP contribution in [0.1, 0.15) is 24.4 Å². The molecule has 0 unspecified atom stereocenters. The molecule has 1 aliphatic rings. The Morgan fingerprint density at radius 3 is 2.42 bits per heavy atom. The first kappa shape index (κ1) is 15.9. The standard InChI is InChI=1S/C12H14F3NO2.ClH/c1-17-10-5-4-8(18-12(13,14)15)6-9(10)11(16)7-2-3-7;/h4-7,11H,2-3,16H2,1H3;1H/t11-;/m0./s1. The van der Waals surface area contributed by atoms with Gasteiger partial charge in [-0.2, -0.15) is 0 Å². The number of methoxy groups -OCH3 is 1. The number of hydrogen-bond acceptors (Lipinski definition) is 3. The summed E-state index contributed by atoms with van der Waals surface area (Å²) in [5, 5.41) is 0. The molecule has 0 bridgehead atoms. The predicted molar refractivity (Wildman–Crippen MR) is 66.6 cm³/mol. The minimum Gasteiger partial charge on any atom is -0.496 e. The first-order valence-electron chi connectivity index (χ1n) is 5.60. The van der Waals surface area contributed by atoms with E-state index in [1.165, 1.54) is 25.3 Å². The molecule has 0 heterocycles. The molecule has 1 atom stereocenters. The zero-order valence-corrected chi connectivity index (χ0v) is 11.1. The van der Waals surface area contributed by atoms with Gasteiger partial charge in [-0.3, -0.25) is 0 Å². The Balaban J connectivity index is 0.00000180. The fourth-order valence-corrected chi connectivity index (χ4v) is 1.88. The van der Waals surface area contributed by atoms with Gasteiger partial charge in [0.1, 0.15) is 11.5 Å². The second kappa shape index (κ2) is 5.88. The Hall–Kier alpha value is -1.14. The lowest BCUT2D eigenvalue weighted by molar-refractivity contribution is -0.274. The summed E-state index contributed by atoms with van der Waals surface area (Å²) < 4.78 is 45.4. The van der Waals surface area contributed by atoms with E-state index in [2.05, 4.69) is 4.74 Å². The molecule has 7 heteroatoms. The third kappa shape index (κ3) is 4.18. The van der Waals surface area contributed by atoms with Crippen LogP contribution < -0.4 is 15.2 Å². The van der Waals surface area contributed by atoms with Crippen molar-refractivity contribution in [2.75, 3.05) is 7.11 Å². The molecule has 3 nitrogen and oxygen atoms in total. The number of rotatable bonds is 4. The SMILES string of the molecule is COc1ccc(OC(F)(F)F)cc1[C@@H](N)C1CC1.Cl. The Labute approximate surface area is 115 Å². The highest BCUT2D eigenvalue weighted by molar-refractivity contribution is 5.85. The summed E-state index contributed by atoms with van der Waals surface area (Å²) in [4.78, 5) is 0. The molecule has 1 saturated carbocycles. The van der Waals surface area contributed by atoms with Crippen LogP contribution in [0.2, 0.25) is 0 Å². The van der Waals surface area contributed by atoms with Gasteiger partial charge in [0.2, 0.25) is 0 Å². The monoisotopic (exact) mass is 297 g/mol. The quantitative estimate of drug-likeness (QED) is 0.926. The van der Waals surface area contributed by atoms with E-state index in [0.29, 0.717) is 17.2 Å². The highest BCUT2D eigenvalue weighted by Crippen LogP contribution is 2.43. The zero-order valence-electron chi connectivity index (χ0n) is 10.2. The molecule has 1 fully saturated rings. The number of hydrogen-bond donors (Lipinski definition) is 1. The molecule has 0 aromatic heterocycles. The third-order valence-corrected chi connectivity index (χ3v) is 2.92. The van der Waals surface area contributed by atoms with E-state index < -0.39 is 6.36 Å². The van der Waals surface area contributed by atoms with Crippen molar-refractivity contribution in [3.63, 3.8) is 0 Å². The lowest BCUT2D eigenvalue weighted by Gasteiger charge is -2.17. The van der Waals surface area contributed by atoms with Crippen LogP contribution in [0.15, 0.2) is 18.2 Å². The van der Waals surface area contributed by atoms with Gasteiger partial charge in [0.05, 0.1) is 7.11 Å². The van der Waals surface area contributed by atoms with Gasteiger partial charge in [-0.25, -0.2) is 0 Å². The molecule has 108 valence electrons. The Bertz CT molecular complexity index is 435. The number of benzene rings is 1. The average molecular weight is 298 g/mol. The average Bonchev–Trinajstić information content (AvgIpc) is 3.09. The maximum Gasteiger partial charge on any atom is 0.573 e. The van der Waals surface area contributed by atoms with Gasteiger partial charge in [-0.05, 0) is 37.0 Å². The minimum atomic E-state index is -4.70. The number of halogens is 4. The first-order chi connectivity index (χ1) is 8.40. The topological polar surface area (TPSA) is 44.5 Å². The van der Waals surface area contributed by atoms with Gasteiger partial charge in [0, 0.05) is 11.6 Å². The summed E-state index contributed by atoms with van der Waals surface area (Å²) in [6, 6.07) is 3.65. The maximum absolute atomic E-state index is 12.1. The maximum atomic E-state index is 12.1. The van der Waals surface area contributed by atoms with Gasteiger partial charge < -0.3 is 15.2 Å². The van der Waals surface area contributed by atoms with Gasteiger partial charge in [-0.1, -0.05) is 0 Å². The van der Waals surface area contributed by atoms with Crippen LogP contribution in [0.5, 0.6) is 11.5 Å². The van der Waals surface area contributed by atoms with Crippen molar-refractivity contribution in [1.82, 2.24) is 0 Å². The summed E-state index contributed by atoms with van der Waals surface area (Å²) in [6.07, 6.45) is -2.71. The second-order valence-electron chi connectivity index (χ2n) is 4.31. The minimum absolute atomic E-state index is 0. The van der Waals surface area contributed by atoms with Crippen molar-refractivity contribution in [3.05, 3.63) is 23.8 Å². The van der Waals surface area contributed by atoms with Gasteiger partial charge in [0.15, 0.2) is 0 Å². The number of ether oxygens (including phenoxy) is 2. The van der Waals surface area contributed by atoms with Crippen molar-refractivity contribution in [2.24, 2.45) is 11.7 Å². The largest absolute Gasteiger partial charge is 0.573 e. The fourth-order valence-electron chi connectivity index (χ4n) is 1.88. The summed E-state index contributed by atoms with van der Waals surface area (Å²) >= 11 is 0. The van der Waals surface area contributed by atoms with E-state index >= 15 is 0 Å². The highest BCUT2D eigenvalue weighted by Gasteiger charge is 2.34. The number of alkyl halides is 3. The van der Waals surface area contributed by atoms with Crippen molar-refractivity contribution in [3.8, 4) is 11.5 Å². The van der Waals surface area contributed by atoms with Crippen LogP contribution in [0.25, 0.3) is 0 Å². The van der Waals surface area contributed by atoms with Crippen LogP contribution in [0.3, 0.4) is 0 Å². The zero-order chi connectivity index (χ0) is 13.3. The molecule has 0 spiro atoms. The molecule has 0 saturated heterocycles. The van der Waals surface area contributed by atoms with Crippen molar-refractivity contribution in [2.45, 2.75) is 25.2 Å². The van der Waals surface area contributed by atoms with E-state index in [0.717, 1.165) is 12.8 Å². The summed E-state index contributed by atoms with van der Waals surface area (Å²) in [5.74, 6) is 0.540. The van der Waals surface area contributed by atoms with Crippen LogP contribution in [-0.2, 0) is 0 Å². The molecule has 0 radical (unpaired) electrons. The lowest BCUT2D eigenvalue weighted by atomic mass is 10.0. The fraction of sp³-hybridized carbons (Fsp3) is 0.500. The van der Waals surface area contributed by atoms with E-state index in [4.69, 9.17) is 10.5 Å². The van der Waals surface area contributed by atoms with Crippen molar-refractivity contribution >= 4 is 12.4 Å². The van der Waals surface area contributed by atoms with Crippen LogP contribution in [-0.4, -0.2) is 13.5 Å². The van der Waals surface area contributed by atoms with Crippen molar-refractivity contribution in [1.29, 1.82) is 0 Å². The third-order valence-electron chi connectivity index (χ3n) is 2.92. The summed E-state index contributed by atoms with van der Waals surface area (Å²) in [5.41, 5.74) is 6.55. The molecule has 0 amide bonds. The Morgan fingerprint density at radius 2 is 1.95 bits per heavy atom. The predicted octanol–water partition coefficient (Wildman–Crippen LogP) is 3.43. The molecular formula is C12H15ClF3NO2. The number of nitrogens with two attached hydrogens (primary N) is 1. The molecule has 2 rings (SSSR count).